The molecule has 0 spiro atoms. The fourth-order valence-electron chi connectivity index (χ4n) is 1.56. The lowest BCUT2D eigenvalue weighted by Crippen LogP contribution is -2.45. The maximum absolute atomic E-state index is 13.5. The second kappa shape index (κ2) is 6.84. The maximum Gasteiger partial charge on any atom is 0.319 e. The van der Waals surface area contributed by atoms with Gasteiger partial charge in [0.05, 0.1) is 10.2 Å². The standard InChI is InChI=1S/C13H15BrF2N2O3/c1-13(2,4-3-11(19)20)18-12(21)17-10-5-7(14)8(15)6-9(10)16/h5-6H,3-4H2,1-2H3,(H,19,20)(H2,17,18,21). The van der Waals surface area contributed by atoms with Crippen LogP contribution in [0.25, 0.3) is 0 Å². The van der Waals surface area contributed by atoms with Crippen molar-refractivity contribution in [2.45, 2.75) is 32.2 Å². The van der Waals surface area contributed by atoms with Crippen LogP contribution in [-0.2, 0) is 4.79 Å². The van der Waals surface area contributed by atoms with E-state index in [2.05, 4.69) is 26.6 Å². The van der Waals surface area contributed by atoms with Crippen molar-refractivity contribution in [2.24, 2.45) is 0 Å². The summed E-state index contributed by atoms with van der Waals surface area (Å²) in [6, 6.07) is 1.05. The molecule has 0 radical (unpaired) electrons. The van der Waals surface area contributed by atoms with Crippen molar-refractivity contribution in [3.05, 3.63) is 28.2 Å². The number of anilines is 1. The van der Waals surface area contributed by atoms with Gasteiger partial charge in [0.2, 0.25) is 0 Å². The van der Waals surface area contributed by atoms with Gasteiger partial charge >= 0.3 is 12.0 Å². The highest BCUT2D eigenvalue weighted by molar-refractivity contribution is 9.10. The number of carboxylic acid groups (broad SMARTS) is 1. The Morgan fingerprint density at radius 3 is 2.48 bits per heavy atom. The van der Waals surface area contributed by atoms with E-state index in [4.69, 9.17) is 5.11 Å². The number of carbonyl (C=O) groups excluding carboxylic acids is 1. The van der Waals surface area contributed by atoms with Gasteiger partial charge in [-0.2, -0.15) is 0 Å². The lowest BCUT2D eigenvalue weighted by atomic mass is 9.99. The summed E-state index contributed by atoms with van der Waals surface area (Å²) in [7, 11) is 0. The Morgan fingerprint density at radius 1 is 1.29 bits per heavy atom. The van der Waals surface area contributed by atoms with E-state index in [0.717, 1.165) is 6.07 Å². The van der Waals surface area contributed by atoms with Crippen molar-refractivity contribution in [1.82, 2.24) is 5.32 Å². The molecule has 5 nitrogen and oxygen atoms in total. The summed E-state index contributed by atoms with van der Waals surface area (Å²) in [6.07, 6.45) is 0.106. The summed E-state index contributed by atoms with van der Waals surface area (Å²) in [6.45, 7) is 3.29. The van der Waals surface area contributed by atoms with Crippen LogP contribution in [0.15, 0.2) is 16.6 Å². The number of amides is 2. The summed E-state index contributed by atoms with van der Waals surface area (Å²) < 4.78 is 26.6. The number of hydrogen-bond acceptors (Lipinski definition) is 2. The van der Waals surface area contributed by atoms with Gasteiger partial charge in [0, 0.05) is 18.0 Å². The van der Waals surface area contributed by atoms with E-state index in [9.17, 15) is 18.4 Å². The molecule has 0 fully saturated rings. The van der Waals surface area contributed by atoms with Crippen LogP contribution in [0.1, 0.15) is 26.7 Å². The molecule has 0 heterocycles. The Labute approximate surface area is 128 Å². The van der Waals surface area contributed by atoms with Crippen LogP contribution in [0, 0.1) is 11.6 Å². The Bertz CT molecular complexity index is 565. The second-order valence-electron chi connectivity index (χ2n) is 5.10. The summed E-state index contributed by atoms with van der Waals surface area (Å²) in [5, 5.41) is 13.4. The third-order valence-electron chi connectivity index (χ3n) is 2.67. The van der Waals surface area contributed by atoms with Gasteiger partial charge in [0.25, 0.3) is 0 Å². The number of benzene rings is 1. The van der Waals surface area contributed by atoms with Crippen LogP contribution in [0.2, 0.25) is 0 Å². The molecule has 3 N–H and O–H groups in total. The molecular formula is C13H15BrF2N2O3. The first-order valence-corrected chi connectivity index (χ1v) is 6.85. The lowest BCUT2D eigenvalue weighted by Gasteiger charge is -2.25. The first-order chi connectivity index (χ1) is 9.60. The van der Waals surface area contributed by atoms with Gasteiger partial charge in [-0.05, 0) is 42.3 Å². The van der Waals surface area contributed by atoms with Gasteiger partial charge in [-0.15, -0.1) is 0 Å². The number of aliphatic carboxylic acids is 1. The van der Waals surface area contributed by atoms with E-state index in [1.807, 2.05) is 0 Å². The average molecular weight is 365 g/mol. The van der Waals surface area contributed by atoms with E-state index >= 15 is 0 Å². The largest absolute Gasteiger partial charge is 0.481 e. The molecule has 0 atom stereocenters. The molecule has 0 aliphatic carbocycles. The Kier molecular flexibility index (Phi) is 5.65. The number of hydrogen-bond donors (Lipinski definition) is 3. The molecule has 0 unspecified atom stereocenters. The zero-order valence-corrected chi connectivity index (χ0v) is 13.1. The number of urea groups is 1. The van der Waals surface area contributed by atoms with Crippen molar-refractivity contribution in [2.75, 3.05) is 5.32 Å². The van der Waals surface area contributed by atoms with Crippen molar-refractivity contribution in [3.63, 3.8) is 0 Å². The molecule has 0 aliphatic heterocycles. The molecule has 0 bridgehead atoms. The van der Waals surface area contributed by atoms with Crippen LogP contribution >= 0.6 is 15.9 Å². The Balaban J connectivity index is 2.69. The van der Waals surface area contributed by atoms with Crippen molar-refractivity contribution in [1.29, 1.82) is 0 Å². The van der Waals surface area contributed by atoms with E-state index in [1.54, 1.807) is 13.8 Å². The van der Waals surface area contributed by atoms with Crippen LogP contribution < -0.4 is 10.6 Å². The molecule has 1 aromatic rings. The quantitative estimate of drug-likeness (QED) is 0.699. The molecule has 8 heteroatoms. The SMILES string of the molecule is CC(C)(CCC(=O)O)NC(=O)Nc1cc(Br)c(F)cc1F. The first kappa shape index (κ1) is 17.4. The first-order valence-electron chi connectivity index (χ1n) is 6.06. The highest BCUT2D eigenvalue weighted by Gasteiger charge is 2.22. The third-order valence-corrected chi connectivity index (χ3v) is 3.28. The van der Waals surface area contributed by atoms with Gasteiger partial charge in [0.15, 0.2) is 0 Å². The average Bonchev–Trinajstić information content (AvgIpc) is 2.33. The van der Waals surface area contributed by atoms with Crippen molar-refractivity contribution >= 4 is 33.6 Å². The number of nitrogens with one attached hydrogen (secondary N) is 2. The summed E-state index contributed by atoms with van der Waals surface area (Å²) in [5.41, 5.74) is -0.967. The zero-order valence-electron chi connectivity index (χ0n) is 11.5. The van der Waals surface area contributed by atoms with Gasteiger partial charge in [0.1, 0.15) is 11.6 Å². The molecular weight excluding hydrogens is 350 g/mol. The Morgan fingerprint density at radius 2 is 1.90 bits per heavy atom. The molecule has 0 aliphatic rings. The fraction of sp³-hybridized carbons (Fsp3) is 0.385. The van der Waals surface area contributed by atoms with E-state index in [0.29, 0.717) is 6.07 Å². The van der Waals surface area contributed by atoms with Crippen LogP contribution in [0.5, 0.6) is 0 Å². The van der Waals surface area contributed by atoms with Crippen LogP contribution in [-0.4, -0.2) is 22.6 Å². The maximum atomic E-state index is 13.5. The van der Waals surface area contributed by atoms with Crippen molar-refractivity contribution in [3.8, 4) is 0 Å². The lowest BCUT2D eigenvalue weighted by molar-refractivity contribution is -0.137. The summed E-state index contributed by atoms with van der Waals surface area (Å²) in [5.74, 6) is -2.66. The van der Waals surface area contributed by atoms with Gasteiger partial charge in [-0.3, -0.25) is 4.79 Å². The topological polar surface area (TPSA) is 78.4 Å². The van der Waals surface area contributed by atoms with E-state index in [-0.39, 0.29) is 23.0 Å². The number of carbonyl (C=O) groups is 2. The molecule has 1 aromatic carbocycles. The molecule has 21 heavy (non-hydrogen) atoms. The zero-order chi connectivity index (χ0) is 16.2. The summed E-state index contributed by atoms with van der Waals surface area (Å²) in [4.78, 5) is 22.3. The third kappa shape index (κ3) is 5.66. The predicted molar refractivity (Wildman–Crippen MR) is 77.2 cm³/mol. The predicted octanol–water partition coefficient (Wildman–Crippen LogP) is 3.49. The molecule has 0 saturated carbocycles. The minimum absolute atomic E-state index is 0.0179. The van der Waals surface area contributed by atoms with E-state index in [1.165, 1.54) is 0 Å². The highest BCUT2D eigenvalue weighted by Crippen LogP contribution is 2.23. The second-order valence-corrected chi connectivity index (χ2v) is 5.96. The summed E-state index contributed by atoms with van der Waals surface area (Å²) >= 11 is 2.89. The molecule has 116 valence electrons. The fourth-order valence-corrected chi connectivity index (χ4v) is 1.90. The molecule has 0 aromatic heterocycles. The molecule has 1 rings (SSSR count). The monoisotopic (exact) mass is 364 g/mol. The minimum atomic E-state index is -0.973. The normalized spacial score (nSPS) is 11.1. The van der Waals surface area contributed by atoms with Crippen molar-refractivity contribution < 1.29 is 23.5 Å². The van der Waals surface area contributed by atoms with Crippen LogP contribution in [0.3, 0.4) is 0 Å². The van der Waals surface area contributed by atoms with Crippen LogP contribution in [0.4, 0.5) is 19.3 Å². The number of halogens is 3. The molecule has 0 saturated heterocycles. The van der Waals surface area contributed by atoms with Gasteiger partial charge in [-0.1, -0.05) is 0 Å². The molecule has 2 amide bonds. The number of carboxylic acids is 1. The van der Waals surface area contributed by atoms with Gasteiger partial charge < -0.3 is 15.7 Å². The Hall–Kier alpha value is -1.70. The van der Waals surface area contributed by atoms with E-state index < -0.39 is 29.2 Å². The van der Waals surface area contributed by atoms with Gasteiger partial charge in [-0.25, -0.2) is 13.6 Å². The number of rotatable bonds is 5. The minimum Gasteiger partial charge on any atom is -0.481 e. The smallest absolute Gasteiger partial charge is 0.319 e. The highest BCUT2D eigenvalue weighted by atomic mass is 79.9.